The van der Waals surface area contributed by atoms with Crippen LogP contribution in [-0.4, -0.2) is 38.7 Å². The molecule has 0 saturated carbocycles. The van der Waals surface area contributed by atoms with Crippen LogP contribution in [-0.2, 0) is 0 Å². The second kappa shape index (κ2) is 10.5. The first kappa shape index (κ1) is 19.8. The molecule has 2 rings (SSSR count). The Morgan fingerprint density at radius 1 is 1.24 bits per heavy atom. The van der Waals surface area contributed by atoms with E-state index in [1.165, 1.54) is 0 Å². The Morgan fingerprint density at radius 2 is 2.00 bits per heavy atom. The molecule has 0 atom stereocenters. The number of hydrogen-bond acceptors (Lipinski definition) is 4. The van der Waals surface area contributed by atoms with Gasteiger partial charge in [0.2, 0.25) is 0 Å². The summed E-state index contributed by atoms with van der Waals surface area (Å²) in [4.78, 5) is 12.0. The van der Waals surface area contributed by atoms with E-state index in [1.54, 1.807) is 0 Å². The first-order chi connectivity index (χ1) is 12.2. The van der Waals surface area contributed by atoms with Crippen LogP contribution in [0.2, 0.25) is 0 Å². The molecule has 0 bridgehead atoms. The van der Waals surface area contributed by atoms with Gasteiger partial charge in [-0.15, -0.1) is 11.6 Å². The summed E-state index contributed by atoms with van der Waals surface area (Å²) in [6.07, 6.45) is 3.38. The fourth-order valence-electron chi connectivity index (χ4n) is 2.26. The molecule has 0 aromatic heterocycles. The molecule has 0 aliphatic rings. The largest absolute Gasteiger partial charge is 0.412 e. The van der Waals surface area contributed by atoms with Crippen LogP contribution in [0, 0.1) is 3.57 Å². The maximum absolute atomic E-state index is 12.0. The van der Waals surface area contributed by atoms with Crippen LogP contribution in [0.1, 0.15) is 0 Å². The second-order valence-electron chi connectivity index (χ2n) is 5.21. The Hall–Kier alpha value is -1.51. The maximum Gasteiger partial charge on any atom is 0.412 e. The minimum Gasteiger partial charge on any atom is -0.410 e. The van der Waals surface area contributed by atoms with Gasteiger partial charge in [-0.2, -0.15) is 0 Å². The molecule has 134 valence electrons. The number of anilines is 1. The molecule has 0 heterocycles. The van der Waals surface area contributed by atoms with Gasteiger partial charge in [0.25, 0.3) is 0 Å². The lowest BCUT2D eigenvalue weighted by Gasteiger charge is -2.14. The first-order valence-electron chi connectivity index (χ1n) is 7.93. The molecule has 2 aromatic rings. The summed E-state index contributed by atoms with van der Waals surface area (Å²) in [6.45, 7) is 1.84. The summed E-state index contributed by atoms with van der Waals surface area (Å²) >= 11 is 7.94. The van der Waals surface area contributed by atoms with Crippen molar-refractivity contribution in [1.29, 1.82) is 0 Å². The molecule has 25 heavy (non-hydrogen) atoms. The SMILES string of the molecule is CNCCNC(=O)Oc1cc(NC/C=C/CCl)c(I)c2ccccc12. The molecule has 3 N–H and O–H groups in total. The van der Waals surface area contributed by atoms with Crippen LogP contribution in [0.3, 0.4) is 0 Å². The molecule has 0 radical (unpaired) electrons. The van der Waals surface area contributed by atoms with Crippen LogP contribution >= 0.6 is 34.2 Å². The number of carbonyl (C=O) groups is 1. The standard InChI is InChI=1S/C18H21ClIN3O2/c1-21-10-11-23-18(24)25-16-12-15(22-9-5-4-8-19)17(20)14-7-3-2-6-13(14)16/h2-7,12,21-22H,8-11H2,1H3,(H,23,24)/b5-4+. The van der Waals surface area contributed by atoms with Crippen molar-refractivity contribution in [2.24, 2.45) is 0 Å². The zero-order chi connectivity index (χ0) is 18.1. The molecule has 1 amide bonds. The topological polar surface area (TPSA) is 62.4 Å². The van der Waals surface area contributed by atoms with Gasteiger partial charge in [-0.3, -0.25) is 0 Å². The van der Waals surface area contributed by atoms with E-state index in [-0.39, 0.29) is 0 Å². The monoisotopic (exact) mass is 473 g/mol. The van der Waals surface area contributed by atoms with E-state index in [9.17, 15) is 4.79 Å². The number of ether oxygens (including phenoxy) is 1. The summed E-state index contributed by atoms with van der Waals surface area (Å²) in [5, 5.41) is 11.0. The number of hydrogen-bond donors (Lipinski definition) is 3. The summed E-state index contributed by atoms with van der Waals surface area (Å²) < 4.78 is 6.62. The summed E-state index contributed by atoms with van der Waals surface area (Å²) in [6, 6.07) is 9.72. The fourth-order valence-corrected chi connectivity index (χ4v) is 3.20. The van der Waals surface area contributed by atoms with Crippen molar-refractivity contribution >= 4 is 56.7 Å². The zero-order valence-electron chi connectivity index (χ0n) is 13.9. The lowest BCUT2D eigenvalue weighted by molar-refractivity contribution is 0.201. The van der Waals surface area contributed by atoms with Crippen molar-refractivity contribution in [3.05, 3.63) is 46.1 Å². The number of benzene rings is 2. The number of carbonyl (C=O) groups excluding carboxylic acids is 1. The van der Waals surface area contributed by atoms with Crippen molar-refractivity contribution in [1.82, 2.24) is 10.6 Å². The Bertz CT molecular complexity index is 752. The smallest absolute Gasteiger partial charge is 0.410 e. The van der Waals surface area contributed by atoms with Gasteiger partial charge < -0.3 is 20.7 Å². The van der Waals surface area contributed by atoms with Crippen molar-refractivity contribution in [3.8, 4) is 5.75 Å². The van der Waals surface area contributed by atoms with E-state index in [0.29, 0.717) is 31.3 Å². The number of halogens is 2. The third-order valence-electron chi connectivity index (χ3n) is 3.45. The number of alkyl halides is 1. The number of nitrogens with one attached hydrogen (secondary N) is 3. The highest BCUT2D eigenvalue weighted by molar-refractivity contribution is 14.1. The predicted molar refractivity (Wildman–Crippen MR) is 113 cm³/mol. The molecular weight excluding hydrogens is 453 g/mol. The highest BCUT2D eigenvalue weighted by atomic mass is 127. The van der Waals surface area contributed by atoms with Gasteiger partial charge in [0, 0.05) is 45.9 Å². The molecule has 5 nitrogen and oxygen atoms in total. The summed E-state index contributed by atoms with van der Waals surface area (Å²) in [7, 11) is 1.83. The van der Waals surface area contributed by atoms with Crippen molar-refractivity contribution in [2.75, 3.05) is 37.9 Å². The second-order valence-corrected chi connectivity index (χ2v) is 6.60. The summed E-state index contributed by atoms with van der Waals surface area (Å²) in [5.74, 6) is 1.01. The van der Waals surface area contributed by atoms with Gasteiger partial charge in [-0.1, -0.05) is 36.4 Å². The van der Waals surface area contributed by atoms with E-state index in [4.69, 9.17) is 16.3 Å². The average molecular weight is 474 g/mol. The van der Waals surface area contributed by atoms with Gasteiger partial charge in [0.15, 0.2) is 0 Å². The van der Waals surface area contributed by atoms with E-state index in [2.05, 4.69) is 38.5 Å². The molecule has 0 unspecified atom stereocenters. The minimum atomic E-state index is -0.463. The van der Waals surface area contributed by atoms with Gasteiger partial charge in [-0.05, 0) is 29.6 Å². The van der Waals surface area contributed by atoms with Crippen LogP contribution in [0.5, 0.6) is 5.75 Å². The van der Waals surface area contributed by atoms with E-state index < -0.39 is 6.09 Å². The third-order valence-corrected chi connectivity index (χ3v) is 4.79. The Morgan fingerprint density at radius 3 is 2.72 bits per heavy atom. The molecule has 0 aliphatic carbocycles. The minimum absolute atomic E-state index is 0.463. The van der Waals surface area contributed by atoms with Crippen molar-refractivity contribution in [3.63, 3.8) is 0 Å². The van der Waals surface area contributed by atoms with E-state index in [1.807, 2.05) is 49.5 Å². The number of amides is 1. The van der Waals surface area contributed by atoms with Gasteiger partial charge in [-0.25, -0.2) is 4.79 Å². The Kier molecular flexibility index (Phi) is 8.30. The van der Waals surface area contributed by atoms with Crippen LogP contribution < -0.4 is 20.7 Å². The fraction of sp³-hybridized carbons (Fsp3) is 0.278. The van der Waals surface area contributed by atoms with Gasteiger partial charge in [0.05, 0.1) is 5.69 Å². The lowest BCUT2D eigenvalue weighted by atomic mass is 10.1. The molecule has 0 fully saturated rings. The van der Waals surface area contributed by atoms with Crippen LogP contribution in [0.4, 0.5) is 10.5 Å². The first-order valence-corrected chi connectivity index (χ1v) is 9.55. The summed E-state index contributed by atoms with van der Waals surface area (Å²) in [5.41, 5.74) is 0.913. The number of likely N-dealkylation sites (N-methyl/N-ethyl adjacent to an activating group) is 1. The maximum atomic E-state index is 12.0. The number of fused-ring (bicyclic) bond motifs is 1. The molecule has 0 spiro atoms. The lowest BCUT2D eigenvalue weighted by Crippen LogP contribution is -2.32. The van der Waals surface area contributed by atoms with Gasteiger partial charge >= 0.3 is 6.09 Å². The quantitative estimate of drug-likeness (QED) is 0.235. The van der Waals surface area contributed by atoms with E-state index >= 15 is 0 Å². The van der Waals surface area contributed by atoms with E-state index in [0.717, 1.165) is 20.0 Å². The highest BCUT2D eigenvalue weighted by Crippen LogP contribution is 2.35. The molecule has 2 aromatic carbocycles. The highest BCUT2D eigenvalue weighted by Gasteiger charge is 2.13. The normalized spacial score (nSPS) is 11.0. The Labute approximate surface area is 166 Å². The third kappa shape index (κ3) is 5.76. The van der Waals surface area contributed by atoms with Crippen molar-refractivity contribution < 1.29 is 9.53 Å². The number of rotatable bonds is 8. The molecular formula is C18H21ClIN3O2. The Balaban J connectivity index is 2.26. The van der Waals surface area contributed by atoms with Gasteiger partial charge in [0.1, 0.15) is 5.75 Å². The zero-order valence-corrected chi connectivity index (χ0v) is 16.9. The molecule has 0 aliphatic heterocycles. The molecule has 7 heteroatoms. The average Bonchev–Trinajstić information content (AvgIpc) is 2.62. The van der Waals surface area contributed by atoms with Crippen LogP contribution in [0.25, 0.3) is 10.8 Å². The van der Waals surface area contributed by atoms with Crippen molar-refractivity contribution in [2.45, 2.75) is 0 Å². The predicted octanol–water partition coefficient (Wildman–Crippen LogP) is 3.96. The molecule has 0 saturated heterocycles. The van der Waals surface area contributed by atoms with Crippen LogP contribution in [0.15, 0.2) is 42.5 Å². The number of allylic oxidation sites excluding steroid dienone is 1.